The van der Waals surface area contributed by atoms with Crippen molar-refractivity contribution in [1.29, 1.82) is 0 Å². The Kier molecular flexibility index (Phi) is 4.48. The number of nitrogens with two attached hydrogens (primary N) is 1. The fourth-order valence-electron chi connectivity index (χ4n) is 4.07. The highest BCUT2D eigenvalue weighted by molar-refractivity contribution is 5.68. The molecule has 3 aliphatic rings. The van der Waals surface area contributed by atoms with Gasteiger partial charge in [0.25, 0.3) is 0 Å². The molecule has 1 fully saturated rings. The molecule has 0 radical (unpaired) electrons. The van der Waals surface area contributed by atoms with Gasteiger partial charge in [0.2, 0.25) is 6.41 Å². The van der Waals surface area contributed by atoms with Gasteiger partial charge in [-0.05, 0) is 50.3 Å². The molecular formula is C21H23FN4O2. The van der Waals surface area contributed by atoms with Gasteiger partial charge in [0.05, 0.1) is 23.5 Å². The zero-order valence-corrected chi connectivity index (χ0v) is 15.9. The zero-order chi connectivity index (χ0) is 20.1. The Morgan fingerprint density at radius 1 is 1.46 bits per heavy atom. The molecule has 3 heterocycles. The number of hydrogen-bond donors (Lipinski definition) is 3. The second-order valence-electron chi connectivity index (χ2n) is 7.95. The first kappa shape index (κ1) is 18.7. The minimum Gasteiger partial charge on any atom is -0.378 e. The van der Waals surface area contributed by atoms with Crippen LogP contribution < -0.4 is 11.1 Å². The lowest BCUT2D eigenvalue weighted by molar-refractivity contribution is -0.109. The van der Waals surface area contributed by atoms with Crippen LogP contribution >= 0.6 is 0 Å². The molecule has 7 heteroatoms. The van der Waals surface area contributed by atoms with Gasteiger partial charge in [-0.2, -0.15) is 0 Å². The molecule has 1 aromatic carbocycles. The Balaban J connectivity index is 1.90. The van der Waals surface area contributed by atoms with Gasteiger partial charge < -0.3 is 20.7 Å². The van der Waals surface area contributed by atoms with E-state index >= 15 is 0 Å². The minimum absolute atomic E-state index is 0.233. The first-order valence-corrected chi connectivity index (χ1v) is 9.38. The topological polar surface area (TPSA) is 93.2 Å². The SMILES string of the molecule is CC(C)(O)C#Cc1cc2c(cc1F)C1CC(C1)n1c-2nc(CN)c1CNC=O. The summed E-state index contributed by atoms with van der Waals surface area (Å²) in [6, 6.07) is 3.54. The molecule has 5 rings (SSSR count). The van der Waals surface area contributed by atoms with E-state index in [2.05, 4.69) is 21.7 Å². The van der Waals surface area contributed by atoms with Crippen molar-refractivity contribution >= 4 is 6.41 Å². The largest absolute Gasteiger partial charge is 0.378 e. The van der Waals surface area contributed by atoms with Crippen molar-refractivity contribution in [2.24, 2.45) is 5.73 Å². The minimum atomic E-state index is -1.21. The first-order chi connectivity index (χ1) is 13.3. The highest BCUT2D eigenvalue weighted by atomic mass is 19.1. The number of hydrogen-bond acceptors (Lipinski definition) is 4. The maximum atomic E-state index is 14.7. The second kappa shape index (κ2) is 6.73. The molecular weight excluding hydrogens is 359 g/mol. The molecule has 1 amide bonds. The van der Waals surface area contributed by atoms with Crippen LogP contribution in [0.3, 0.4) is 0 Å². The standard InChI is InChI=1S/C21H23FN4O2/c1-21(2,28)4-3-12-7-16-15(8-17(12)22)13-5-14(6-13)26-19(10-24-11-27)18(9-23)25-20(16)26/h7-8,11,13-14,28H,5-6,9-10,23H2,1-2H3,(H,24,27). The van der Waals surface area contributed by atoms with Crippen LogP contribution in [0.4, 0.5) is 4.39 Å². The predicted molar refractivity (Wildman–Crippen MR) is 103 cm³/mol. The summed E-state index contributed by atoms with van der Waals surface area (Å²) < 4.78 is 16.8. The number of rotatable bonds is 4. The van der Waals surface area contributed by atoms with E-state index in [0.29, 0.717) is 13.0 Å². The Morgan fingerprint density at radius 3 is 2.86 bits per heavy atom. The second-order valence-corrected chi connectivity index (χ2v) is 7.95. The van der Waals surface area contributed by atoms with Crippen molar-refractivity contribution in [1.82, 2.24) is 14.9 Å². The number of aromatic nitrogens is 2. The number of amides is 1. The molecule has 0 unspecified atom stereocenters. The first-order valence-electron chi connectivity index (χ1n) is 9.38. The van der Waals surface area contributed by atoms with Gasteiger partial charge in [0, 0.05) is 18.2 Å². The number of benzene rings is 1. The number of imidazole rings is 1. The van der Waals surface area contributed by atoms with E-state index in [0.717, 1.165) is 41.2 Å². The van der Waals surface area contributed by atoms with Crippen LogP contribution in [0.15, 0.2) is 12.1 Å². The summed E-state index contributed by atoms with van der Waals surface area (Å²) in [7, 11) is 0. The smallest absolute Gasteiger partial charge is 0.207 e. The van der Waals surface area contributed by atoms with Crippen LogP contribution in [0.5, 0.6) is 0 Å². The maximum Gasteiger partial charge on any atom is 0.207 e. The average Bonchev–Trinajstić information content (AvgIpc) is 2.83. The van der Waals surface area contributed by atoms with Crippen LogP contribution in [0.1, 0.15) is 61.2 Å². The summed E-state index contributed by atoms with van der Waals surface area (Å²) in [5.74, 6) is 6.06. The molecule has 2 aliphatic heterocycles. The number of carbonyl (C=O) groups excluding carboxylic acids is 1. The molecule has 0 atom stereocenters. The Labute approximate surface area is 163 Å². The fourth-order valence-corrected chi connectivity index (χ4v) is 4.07. The van der Waals surface area contributed by atoms with Crippen molar-refractivity contribution in [3.63, 3.8) is 0 Å². The summed E-state index contributed by atoms with van der Waals surface area (Å²) in [5, 5.41) is 12.6. The molecule has 1 saturated carbocycles. The van der Waals surface area contributed by atoms with Crippen molar-refractivity contribution in [3.05, 3.63) is 40.5 Å². The molecule has 28 heavy (non-hydrogen) atoms. The van der Waals surface area contributed by atoms with Crippen LogP contribution in [0.25, 0.3) is 11.4 Å². The number of carbonyl (C=O) groups is 1. The molecule has 1 aromatic heterocycles. The van der Waals surface area contributed by atoms with Gasteiger partial charge in [-0.15, -0.1) is 0 Å². The number of halogens is 1. The predicted octanol–water partition coefficient (Wildman–Crippen LogP) is 1.95. The Morgan fingerprint density at radius 2 is 2.21 bits per heavy atom. The number of aliphatic hydroxyl groups is 1. The summed E-state index contributed by atoms with van der Waals surface area (Å²) in [4.78, 5) is 15.6. The number of nitrogens with zero attached hydrogens (tertiary/aromatic N) is 2. The lowest BCUT2D eigenvalue weighted by Crippen LogP contribution is -2.26. The highest BCUT2D eigenvalue weighted by Gasteiger charge is 2.40. The van der Waals surface area contributed by atoms with Crippen LogP contribution in [-0.4, -0.2) is 26.7 Å². The van der Waals surface area contributed by atoms with E-state index in [4.69, 9.17) is 10.7 Å². The van der Waals surface area contributed by atoms with Crippen molar-refractivity contribution < 1.29 is 14.3 Å². The van der Waals surface area contributed by atoms with Gasteiger partial charge >= 0.3 is 0 Å². The molecule has 2 bridgehead atoms. The van der Waals surface area contributed by atoms with Gasteiger partial charge in [-0.25, -0.2) is 9.37 Å². The van der Waals surface area contributed by atoms with E-state index in [1.807, 2.05) is 0 Å². The van der Waals surface area contributed by atoms with Crippen LogP contribution in [-0.2, 0) is 17.9 Å². The Hall–Kier alpha value is -2.69. The third kappa shape index (κ3) is 3.09. The number of nitrogens with one attached hydrogen (secondary N) is 1. The normalized spacial score (nSPS) is 19.5. The molecule has 146 valence electrons. The third-order valence-electron chi connectivity index (χ3n) is 5.44. The van der Waals surface area contributed by atoms with E-state index in [1.165, 1.54) is 0 Å². The maximum absolute atomic E-state index is 14.7. The van der Waals surface area contributed by atoms with E-state index < -0.39 is 5.60 Å². The van der Waals surface area contributed by atoms with Crippen LogP contribution in [0, 0.1) is 17.7 Å². The van der Waals surface area contributed by atoms with E-state index in [-0.39, 0.29) is 29.9 Å². The molecule has 1 aliphatic carbocycles. The lowest BCUT2D eigenvalue weighted by Gasteiger charge is -2.35. The summed E-state index contributed by atoms with van der Waals surface area (Å²) in [5.41, 5.74) is 8.33. The van der Waals surface area contributed by atoms with Crippen molar-refractivity contribution in [2.75, 3.05) is 0 Å². The summed E-state index contributed by atoms with van der Waals surface area (Å²) >= 11 is 0. The monoisotopic (exact) mass is 382 g/mol. The molecule has 4 N–H and O–H groups in total. The van der Waals surface area contributed by atoms with Gasteiger partial charge in [-0.1, -0.05) is 11.8 Å². The molecule has 6 nitrogen and oxygen atoms in total. The van der Waals surface area contributed by atoms with Gasteiger partial charge in [-0.3, -0.25) is 4.79 Å². The average molecular weight is 382 g/mol. The zero-order valence-electron chi connectivity index (χ0n) is 15.9. The third-order valence-corrected chi connectivity index (χ3v) is 5.44. The molecule has 0 saturated heterocycles. The summed E-state index contributed by atoms with van der Waals surface area (Å²) in [6.07, 6.45) is 2.47. The van der Waals surface area contributed by atoms with Crippen molar-refractivity contribution in [2.45, 2.75) is 57.3 Å². The van der Waals surface area contributed by atoms with Crippen molar-refractivity contribution in [3.8, 4) is 23.2 Å². The highest BCUT2D eigenvalue weighted by Crippen LogP contribution is 2.53. The van der Waals surface area contributed by atoms with E-state index in [1.54, 1.807) is 26.0 Å². The van der Waals surface area contributed by atoms with E-state index in [9.17, 15) is 14.3 Å². The quantitative estimate of drug-likeness (QED) is 0.557. The van der Waals surface area contributed by atoms with Gasteiger partial charge in [0.15, 0.2) is 0 Å². The van der Waals surface area contributed by atoms with Gasteiger partial charge in [0.1, 0.15) is 17.2 Å². The lowest BCUT2D eigenvalue weighted by atomic mass is 9.75. The molecule has 2 aromatic rings. The van der Waals surface area contributed by atoms with Crippen LogP contribution in [0.2, 0.25) is 0 Å². The fraction of sp³-hybridized carbons (Fsp3) is 0.429. The summed E-state index contributed by atoms with van der Waals surface area (Å²) in [6.45, 7) is 3.73. The molecule has 0 spiro atoms. The Bertz CT molecular complexity index is 1000.